The fourth-order valence-electron chi connectivity index (χ4n) is 3.50. The Kier molecular flexibility index (Phi) is 7.04. The van der Waals surface area contributed by atoms with E-state index in [0.29, 0.717) is 22.9 Å². The summed E-state index contributed by atoms with van der Waals surface area (Å²) in [6.07, 6.45) is 1.61. The van der Waals surface area contributed by atoms with E-state index in [1.54, 1.807) is 23.2 Å². The van der Waals surface area contributed by atoms with Gasteiger partial charge in [-0.3, -0.25) is 4.79 Å². The summed E-state index contributed by atoms with van der Waals surface area (Å²) in [6, 6.07) is 18.8. The lowest BCUT2D eigenvalue weighted by Crippen LogP contribution is -2.34. The predicted molar refractivity (Wildman–Crippen MR) is 127 cm³/mol. The molecule has 33 heavy (non-hydrogen) atoms. The molecule has 7 nitrogen and oxygen atoms in total. The van der Waals surface area contributed by atoms with Gasteiger partial charge in [0.15, 0.2) is 6.61 Å². The molecule has 0 spiro atoms. The molecule has 8 heteroatoms. The number of anilines is 1. The number of carbonyl (C=O) groups excluding carboxylic acids is 2. The molecule has 1 amide bonds. The van der Waals surface area contributed by atoms with Crippen molar-refractivity contribution < 1.29 is 18.8 Å². The first-order valence-corrected chi connectivity index (χ1v) is 11.5. The van der Waals surface area contributed by atoms with Crippen LogP contribution < -0.4 is 4.90 Å². The molecule has 168 valence electrons. The van der Waals surface area contributed by atoms with E-state index >= 15 is 0 Å². The molecule has 0 bridgehead atoms. The highest BCUT2D eigenvalue weighted by Crippen LogP contribution is 2.27. The summed E-state index contributed by atoms with van der Waals surface area (Å²) in [5, 5.41) is 6.47. The van der Waals surface area contributed by atoms with Gasteiger partial charge in [0.25, 0.3) is 5.91 Å². The van der Waals surface area contributed by atoms with Crippen molar-refractivity contribution in [2.75, 3.05) is 18.1 Å². The Hall–Kier alpha value is -3.65. The van der Waals surface area contributed by atoms with Gasteiger partial charge in [-0.15, -0.1) is 0 Å². The number of thioether (sulfide) groups is 1. The first-order valence-electron chi connectivity index (χ1n) is 10.5. The standard InChI is InChI=1S/C25H23N3O4S/c1-3-28(22-12-6-9-18-8-4-5-10-20(18)22)23(29)15-31-25(30)21-11-7-13-26-24(21)33-16-19-14-17(2)32-27-19/h4-14H,3,15-16H2,1-2H3. The number of carbonyl (C=O) groups is 2. The van der Waals surface area contributed by atoms with Crippen LogP contribution in [0.1, 0.15) is 28.7 Å². The van der Waals surface area contributed by atoms with Crippen LogP contribution in [0.5, 0.6) is 0 Å². The molecule has 0 fully saturated rings. The molecular weight excluding hydrogens is 438 g/mol. The first-order chi connectivity index (χ1) is 16.1. The monoisotopic (exact) mass is 461 g/mol. The van der Waals surface area contributed by atoms with Crippen LogP contribution in [0, 0.1) is 6.92 Å². The van der Waals surface area contributed by atoms with Crippen molar-refractivity contribution in [2.24, 2.45) is 0 Å². The number of fused-ring (bicyclic) bond motifs is 1. The molecular formula is C25H23N3O4S. The van der Waals surface area contributed by atoms with Crippen molar-refractivity contribution in [3.63, 3.8) is 0 Å². The molecule has 0 N–H and O–H groups in total. The van der Waals surface area contributed by atoms with E-state index < -0.39 is 5.97 Å². The van der Waals surface area contributed by atoms with E-state index in [1.165, 1.54) is 11.8 Å². The van der Waals surface area contributed by atoms with Gasteiger partial charge in [0.05, 0.1) is 16.9 Å². The van der Waals surface area contributed by atoms with Gasteiger partial charge in [-0.2, -0.15) is 0 Å². The summed E-state index contributed by atoms with van der Waals surface area (Å²) < 4.78 is 10.5. The summed E-state index contributed by atoms with van der Waals surface area (Å²) >= 11 is 1.36. The molecule has 2 heterocycles. The third-order valence-corrected chi connectivity index (χ3v) is 6.06. The number of aromatic nitrogens is 2. The number of ether oxygens (including phenoxy) is 1. The number of pyridine rings is 1. The van der Waals surface area contributed by atoms with E-state index in [2.05, 4.69) is 10.1 Å². The minimum atomic E-state index is -0.593. The largest absolute Gasteiger partial charge is 0.452 e. The number of aryl methyl sites for hydroxylation is 1. The average molecular weight is 462 g/mol. The Morgan fingerprint density at radius 3 is 2.70 bits per heavy atom. The van der Waals surface area contributed by atoms with Gasteiger partial charge < -0.3 is 14.2 Å². The Labute approximate surface area is 195 Å². The van der Waals surface area contributed by atoms with E-state index in [1.807, 2.05) is 62.4 Å². The van der Waals surface area contributed by atoms with Crippen LogP contribution in [-0.2, 0) is 15.3 Å². The molecule has 0 saturated carbocycles. The average Bonchev–Trinajstić information content (AvgIpc) is 3.27. The van der Waals surface area contributed by atoms with Gasteiger partial charge in [0.2, 0.25) is 0 Å². The van der Waals surface area contributed by atoms with E-state index in [4.69, 9.17) is 9.26 Å². The third-order valence-electron chi connectivity index (χ3n) is 5.03. The lowest BCUT2D eigenvalue weighted by Gasteiger charge is -2.22. The lowest BCUT2D eigenvalue weighted by atomic mass is 10.1. The Morgan fingerprint density at radius 2 is 1.91 bits per heavy atom. The topological polar surface area (TPSA) is 85.5 Å². The lowest BCUT2D eigenvalue weighted by molar-refractivity contribution is -0.121. The molecule has 0 radical (unpaired) electrons. The number of hydrogen-bond donors (Lipinski definition) is 0. The second kappa shape index (κ2) is 10.3. The molecule has 0 aliphatic rings. The van der Waals surface area contributed by atoms with Gasteiger partial charge in [0.1, 0.15) is 10.8 Å². The Bertz CT molecular complexity index is 1280. The number of likely N-dealkylation sites (N-methyl/N-ethyl adjacent to an activating group) is 1. The zero-order valence-corrected chi connectivity index (χ0v) is 19.2. The second-order valence-corrected chi connectivity index (χ2v) is 8.25. The molecule has 4 rings (SSSR count). The molecule has 0 saturated heterocycles. The van der Waals surface area contributed by atoms with Crippen LogP contribution in [0.3, 0.4) is 0 Å². The third kappa shape index (κ3) is 5.23. The van der Waals surface area contributed by atoms with Crippen LogP contribution in [0.4, 0.5) is 5.69 Å². The zero-order chi connectivity index (χ0) is 23.2. The number of hydrogen-bond acceptors (Lipinski definition) is 7. The molecule has 2 aromatic heterocycles. The summed E-state index contributed by atoms with van der Waals surface area (Å²) in [7, 11) is 0. The van der Waals surface area contributed by atoms with Crippen molar-refractivity contribution >= 4 is 40.1 Å². The summed E-state index contributed by atoms with van der Waals surface area (Å²) in [5.41, 5.74) is 1.85. The fourth-order valence-corrected chi connectivity index (χ4v) is 4.36. The maximum absolute atomic E-state index is 13.0. The van der Waals surface area contributed by atoms with Crippen LogP contribution in [-0.4, -0.2) is 35.2 Å². The maximum Gasteiger partial charge on any atom is 0.341 e. The molecule has 2 aromatic carbocycles. The normalized spacial score (nSPS) is 10.8. The van der Waals surface area contributed by atoms with Crippen molar-refractivity contribution in [3.05, 3.63) is 83.9 Å². The van der Waals surface area contributed by atoms with E-state index in [0.717, 1.165) is 27.9 Å². The number of amides is 1. The highest BCUT2D eigenvalue weighted by molar-refractivity contribution is 7.98. The van der Waals surface area contributed by atoms with Crippen molar-refractivity contribution in [2.45, 2.75) is 24.6 Å². The van der Waals surface area contributed by atoms with Crippen molar-refractivity contribution in [3.8, 4) is 0 Å². The van der Waals surface area contributed by atoms with Gasteiger partial charge in [-0.1, -0.05) is 53.3 Å². The molecule has 4 aromatic rings. The molecule has 0 unspecified atom stereocenters. The van der Waals surface area contributed by atoms with Crippen LogP contribution in [0.15, 0.2) is 76.4 Å². The van der Waals surface area contributed by atoms with Gasteiger partial charge in [-0.05, 0) is 37.4 Å². The Morgan fingerprint density at radius 1 is 1.09 bits per heavy atom. The summed E-state index contributed by atoms with van der Waals surface area (Å²) in [6.45, 7) is 3.80. The quantitative estimate of drug-likeness (QED) is 0.269. The molecule has 0 atom stereocenters. The number of rotatable bonds is 8. The van der Waals surface area contributed by atoms with Gasteiger partial charge in [0, 0.05) is 29.9 Å². The number of benzene rings is 2. The van der Waals surface area contributed by atoms with E-state index in [9.17, 15) is 9.59 Å². The van der Waals surface area contributed by atoms with Crippen molar-refractivity contribution in [1.29, 1.82) is 0 Å². The van der Waals surface area contributed by atoms with Gasteiger partial charge in [-0.25, -0.2) is 9.78 Å². The van der Waals surface area contributed by atoms with Crippen LogP contribution >= 0.6 is 11.8 Å². The van der Waals surface area contributed by atoms with E-state index in [-0.39, 0.29) is 12.5 Å². The first kappa shape index (κ1) is 22.5. The number of nitrogens with zero attached hydrogens (tertiary/aromatic N) is 3. The second-order valence-electron chi connectivity index (χ2n) is 7.29. The SMILES string of the molecule is CCN(C(=O)COC(=O)c1cccnc1SCc1cc(C)on1)c1cccc2ccccc12. The van der Waals surface area contributed by atoms with Crippen LogP contribution in [0.2, 0.25) is 0 Å². The zero-order valence-electron chi connectivity index (χ0n) is 18.4. The van der Waals surface area contributed by atoms with Crippen LogP contribution in [0.25, 0.3) is 10.8 Å². The van der Waals surface area contributed by atoms with Gasteiger partial charge >= 0.3 is 5.97 Å². The highest BCUT2D eigenvalue weighted by Gasteiger charge is 2.20. The minimum Gasteiger partial charge on any atom is -0.452 e. The highest BCUT2D eigenvalue weighted by atomic mass is 32.2. The fraction of sp³-hybridized carbons (Fsp3) is 0.200. The summed E-state index contributed by atoms with van der Waals surface area (Å²) in [4.78, 5) is 31.6. The number of esters is 1. The Balaban J connectivity index is 1.44. The summed E-state index contributed by atoms with van der Waals surface area (Å²) in [5.74, 6) is 0.331. The minimum absolute atomic E-state index is 0.293. The molecule has 0 aliphatic carbocycles. The maximum atomic E-state index is 13.0. The predicted octanol–water partition coefficient (Wildman–Crippen LogP) is 5.03. The van der Waals surface area contributed by atoms with Crippen molar-refractivity contribution in [1.82, 2.24) is 10.1 Å². The molecule has 0 aliphatic heterocycles. The smallest absolute Gasteiger partial charge is 0.341 e.